The van der Waals surface area contributed by atoms with Crippen molar-refractivity contribution >= 4 is 50.6 Å². The van der Waals surface area contributed by atoms with E-state index in [1.54, 1.807) is 16.7 Å². The number of benzene rings is 5. The zero-order valence-corrected chi connectivity index (χ0v) is 34.6. The molecule has 0 spiro atoms. The second-order valence-corrected chi connectivity index (χ2v) is 16.0. The molecule has 57 heavy (non-hydrogen) atoms. The number of pyridine rings is 2. The van der Waals surface area contributed by atoms with Crippen LogP contribution in [0.2, 0.25) is 0 Å². The maximum Gasteiger partial charge on any atom is 2.00 e. The van der Waals surface area contributed by atoms with E-state index in [9.17, 15) is 0 Å². The quantitative estimate of drug-likeness (QED) is 0.123. The van der Waals surface area contributed by atoms with Crippen LogP contribution in [0.1, 0.15) is 67.8 Å². The number of rotatable bonds is 6. The van der Waals surface area contributed by atoms with Crippen LogP contribution < -0.4 is 13.9 Å². The van der Waals surface area contributed by atoms with E-state index >= 15 is 0 Å². The van der Waals surface area contributed by atoms with Gasteiger partial charge >= 0.3 is 27.1 Å². The number of nitrogens with zero attached hydrogens (tertiary/aromatic N) is 5. The van der Waals surface area contributed by atoms with Gasteiger partial charge in [-0.05, 0) is 63.8 Å². The summed E-state index contributed by atoms with van der Waals surface area (Å²) in [4.78, 5) is 9.55. The van der Waals surface area contributed by atoms with Crippen molar-refractivity contribution in [1.82, 2.24) is 23.7 Å². The van der Waals surface area contributed by atoms with Crippen LogP contribution in [0.4, 0.5) is 22.7 Å². The van der Waals surface area contributed by atoms with Gasteiger partial charge in [0.2, 0.25) is 5.69 Å². The Labute approximate surface area is 358 Å². The van der Waals surface area contributed by atoms with Crippen molar-refractivity contribution in [2.75, 3.05) is 0 Å². The molecule has 0 amide bonds. The minimum atomic E-state index is -2.83. The van der Waals surface area contributed by atoms with E-state index < -0.39 is 36.6 Å². The summed E-state index contributed by atoms with van der Waals surface area (Å²) in [5.74, 6) is 1.43. The molecule has 7 heteroatoms. The van der Waals surface area contributed by atoms with E-state index in [0.29, 0.717) is 22.7 Å². The Bertz CT molecular complexity index is 3240. The predicted molar refractivity (Wildman–Crippen MR) is 229 cm³/mol. The zero-order chi connectivity index (χ0) is 44.7. The molecule has 0 bridgehead atoms. The van der Waals surface area contributed by atoms with Crippen LogP contribution in [-0.4, -0.2) is 20.5 Å². The monoisotopic (exact) mass is 931 g/mol. The minimum absolute atomic E-state index is 0. The Kier molecular flexibility index (Phi) is 7.71. The summed E-state index contributed by atoms with van der Waals surface area (Å²) >= 11 is 0. The largest absolute Gasteiger partial charge is 2.00 e. The van der Waals surface area contributed by atoms with Crippen molar-refractivity contribution in [3.8, 4) is 28.6 Å². The van der Waals surface area contributed by atoms with Crippen LogP contribution in [0.15, 0.2) is 134 Å². The molecule has 6 nitrogen and oxygen atoms in total. The molecular formula is C50H43N5OPt+2. The molecule has 3 aromatic heterocycles. The molecule has 0 aliphatic carbocycles. The Morgan fingerprint density at radius 1 is 0.719 bits per heavy atom. The molecule has 0 saturated carbocycles. The third-order valence-electron chi connectivity index (χ3n) is 10.0. The normalized spacial score (nSPS) is 14.6. The van der Waals surface area contributed by atoms with Gasteiger partial charge < -0.3 is 9.30 Å². The fourth-order valence-corrected chi connectivity index (χ4v) is 7.06. The van der Waals surface area contributed by atoms with Crippen molar-refractivity contribution < 1.29 is 35.4 Å². The molecule has 1 aliphatic rings. The summed E-state index contributed by atoms with van der Waals surface area (Å²) in [6.07, 6.45) is 3.65. The summed E-state index contributed by atoms with van der Waals surface area (Å²) in [5.41, 5.74) is 5.83. The topological polar surface area (TPSA) is 46.0 Å². The van der Waals surface area contributed by atoms with Crippen molar-refractivity contribution in [2.24, 2.45) is 0 Å². The molecular weight excluding hydrogens is 882 g/mol. The summed E-state index contributed by atoms with van der Waals surface area (Å²) in [7, 11) is 0. The van der Waals surface area contributed by atoms with Gasteiger partial charge in [-0.2, -0.15) is 6.07 Å². The molecule has 0 unspecified atom stereocenters. The van der Waals surface area contributed by atoms with Crippen molar-refractivity contribution in [1.29, 1.82) is 0 Å². The predicted octanol–water partition coefficient (Wildman–Crippen LogP) is 12.4. The Balaban J connectivity index is 0.00000560. The van der Waals surface area contributed by atoms with Crippen LogP contribution in [0.5, 0.6) is 11.6 Å². The molecule has 4 heterocycles. The second-order valence-electron chi connectivity index (χ2n) is 16.0. The maximum atomic E-state index is 8.91. The first-order chi connectivity index (χ1) is 29.8. The number of ether oxygens (including phenoxy) is 1. The first kappa shape index (κ1) is 30.2. The zero-order valence-electron chi connectivity index (χ0n) is 39.4. The minimum Gasteiger partial charge on any atom is -0.484 e. The Morgan fingerprint density at radius 2 is 1.40 bits per heavy atom. The molecule has 9 rings (SSSR count). The smallest absolute Gasteiger partial charge is 0.484 e. The Hall–Kier alpha value is -5.93. The molecule has 5 aromatic carbocycles. The van der Waals surface area contributed by atoms with Crippen LogP contribution in [0.25, 0.3) is 38.8 Å². The first-order valence-electron chi connectivity index (χ1n) is 22.0. The maximum absolute atomic E-state index is 8.91. The van der Waals surface area contributed by atoms with Gasteiger partial charge in [0.1, 0.15) is 17.4 Å². The number of hydrogen-bond acceptors (Lipinski definition) is 3. The first-order valence-corrected chi connectivity index (χ1v) is 18.5. The molecule has 0 radical (unpaired) electrons. The summed E-state index contributed by atoms with van der Waals surface area (Å²) in [6.45, 7) is 10.1. The average Bonchev–Trinajstić information content (AvgIpc) is 3.78. The van der Waals surface area contributed by atoms with E-state index in [1.165, 1.54) is 0 Å². The fourth-order valence-electron chi connectivity index (χ4n) is 7.06. The third-order valence-corrected chi connectivity index (χ3v) is 10.0. The van der Waals surface area contributed by atoms with Gasteiger partial charge in [0.15, 0.2) is 0 Å². The van der Waals surface area contributed by atoms with Crippen LogP contribution >= 0.6 is 0 Å². The number of para-hydroxylation sites is 4. The van der Waals surface area contributed by atoms with Crippen molar-refractivity contribution in [3.05, 3.63) is 162 Å². The molecule has 0 N–H and O–H groups in total. The molecule has 0 saturated heterocycles. The van der Waals surface area contributed by atoms with Crippen LogP contribution in [0, 0.1) is 19.0 Å². The van der Waals surface area contributed by atoms with Gasteiger partial charge in [-0.3, -0.25) is 4.98 Å². The van der Waals surface area contributed by atoms with Gasteiger partial charge in [0.25, 0.3) is 11.4 Å². The van der Waals surface area contributed by atoms with Crippen molar-refractivity contribution in [3.63, 3.8) is 0 Å². The molecule has 0 atom stereocenters. The fraction of sp³-hybridized carbons (Fsp3) is 0.180. The number of hydrogen-bond donors (Lipinski definition) is 0. The van der Waals surface area contributed by atoms with E-state index in [-0.39, 0.29) is 43.3 Å². The molecule has 1 aliphatic heterocycles. The number of aromatic nitrogens is 3. The second kappa shape index (κ2) is 14.5. The standard InChI is InChI=1S/C50H43N5O.Pt/c1-33-20-22-34(23-21-33)39-14-8-10-16-42(39)54-32-53(44-18-12-13-19-45(44)54)37-26-36(50(5,6)7)27-38(29-37)56-48-30-46-41(31-52-48)40-15-9-11-17-43(40)55(46)47-28-35(24-25-51-47)49(2,3)4;/h8-28,31H,1-7H3;/q;+2/i1D3,20D,21D,22D,23D;. The molecule has 282 valence electrons. The summed E-state index contributed by atoms with van der Waals surface area (Å²) < 4.78 is 71.2. The van der Waals surface area contributed by atoms with E-state index in [0.717, 1.165) is 50.1 Å². The van der Waals surface area contributed by atoms with Gasteiger partial charge in [0, 0.05) is 39.8 Å². The molecule has 8 aromatic rings. The van der Waals surface area contributed by atoms with Gasteiger partial charge in [-0.1, -0.05) is 136 Å². The third kappa shape index (κ3) is 7.05. The molecule has 0 fully saturated rings. The van der Waals surface area contributed by atoms with E-state index in [4.69, 9.17) is 24.3 Å². The van der Waals surface area contributed by atoms with E-state index in [2.05, 4.69) is 82.4 Å². The van der Waals surface area contributed by atoms with Gasteiger partial charge in [-0.25, -0.2) is 4.98 Å². The van der Waals surface area contributed by atoms with Gasteiger partial charge in [-0.15, -0.1) is 22.5 Å². The summed E-state index contributed by atoms with van der Waals surface area (Å²) in [5, 5.41) is 1.93. The van der Waals surface area contributed by atoms with Crippen LogP contribution in [-0.2, 0) is 31.9 Å². The number of fused-ring (bicyclic) bond motifs is 4. The van der Waals surface area contributed by atoms with Crippen LogP contribution in [0.3, 0.4) is 0 Å². The van der Waals surface area contributed by atoms with Gasteiger partial charge in [0.05, 0.1) is 11.0 Å². The summed E-state index contributed by atoms with van der Waals surface area (Å²) in [6, 6.07) is 39.4. The SMILES string of the molecule is [2H]c1c([2H])c(C([2H])([2H])[2H])c([2H])c([2H])c1-c1ccccc1[N+]1=C=[N+](c2[c-]c(Oc3[c-]c4c(cn3)c3ccccc3n4-c3cc(C(C)(C)C)ccn3)cc(C(C)(C)C)c2)c2ccccc21.[Pt+2]. The Morgan fingerprint density at radius 3 is 2.14 bits per heavy atom. The average molecular weight is 932 g/mol. The van der Waals surface area contributed by atoms with Crippen molar-refractivity contribution in [2.45, 2.75) is 59.2 Å². The van der Waals surface area contributed by atoms with E-state index in [1.807, 2.05) is 83.7 Å².